The minimum atomic E-state index is -0.559. The number of nitrogens with one attached hydrogen (secondary N) is 1. The lowest BCUT2D eigenvalue weighted by Gasteiger charge is -2.28. The molecule has 1 aromatic rings. The average molecular weight is 290 g/mol. The number of hydrogen-bond donors (Lipinski definition) is 2. The number of piperidine rings is 1. The van der Waals surface area contributed by atoms with E-state index in [9.17, 15) is 5.11 Å². The molecule has 1 aliphatic heterocycles. The largest absolute Gasteiger partial charge is 0.496 e. The first-order chi connectivity index (χ1) is 8.63. The molecule has 0 amide bonds. The van der Waals surface area contributed by atoms with Crippen LogP contribution in [0.5, 0.6) is 5.75 Å². The Labute approximate surface area is 117 Å². The van der Waals surface area contributed by atoms with E-state index in [0.29, 0.717) is 15.8 Å². The van der Waals surface area contributed by atoms with Crippen LogP contribution in [0.15, 0.2) is 12.1 Å². The Hall–Kier alpha value is -0.480. The fourth-order valence-corrected chi connectivity index (χ4v) is 2.69. The van der Waals surface area contributed by atoms with Crippen molar-refractivity contribution in [3.63, 3.8) is 0 Å². The molecule has 1 heterocycles. The Morgan fingerprint density at radius 1 is 1.28 bits per heavy atom. The van der Waals surface area contributed by atoms with Crippen LogP contribution < -0.4 is 10.1 Å². The van der Waals surface area contributed by atoms with Crippen LogP contribution in [0.3, 0.4) is 0 Å². The first-order valence-electron chi connectivity index (χ1n) is 6.05. The lowest BCUT2D eigenvalue weighted by molar-refractivity contribution is 0.0865. The molecule has 1 unspecified atom stereocenters. The summed E-state index contributed by atoms with van der Waals surface area (Å²) in [5.74, 6) is 0.827. The molecule has 3 nitrogen and oxygen atoms in total. The standard InChI is InChI=1S/C13H17Cl2NO2/c1-18-12-7-11(15)10(14)6-9(12)13(17)8-2-4-16-5-3-8/h6-8,13,16-17H,2-5H2,1H3. The van der Waals surface area contributed by atoms with Gasteiger partial charge in [0, 0.05) is 11.6 Å². The minimum Gasteiger partial charge on any atom is -0.496 e. The molecule has 18 heavy (non-hydrogen) atoms. The molecule has 1 atom stereocenters. The van der Waals surface area contributed by atoms with Gasteiger partial charge in [-0.2, -0.15) is 0 Å². The van der Waals surface area contributed by atoms with E-state index in [1.807, 2.05) is 0 Å². The fourth-order valence-electron chi connectivity index (χ4n) is 2.37. The van der Waals surface area contributed by atoms with Gasteiger partial charge in [0.05, 0.1) is 23.3 Å². The molecule has 0 aliphatic carbocycles. The molecule has 1 fully saturated rings. The van der Waals surface area contributed by atoms with E-state index in [0.717, 1.165) is 31.5 Å². The van der Waals surface area contributed by atoms with E-state index in [1.165, 1.54) is 0 Å². The van der Waals surface area contributed by atoms with E-state index in [1.54, 1.807) is 19.2 Å². The topological polar surface area (TPSA) is 41.5 Å². The molecular formula is C13H17Cl2NO2. The molecule has 0 bridgehead atoms. The second kappa shape index (κ2) is 6.11. The summed E-state index contributed by atoms with van der Waals surface area (Å²) in [7, 11) is 1.57. The Balaban J connectivity index is 2.27. The average Bonchev–Trinajstić information content (AvgIpc) is 2.41. The molecule has 1 saturated heterocycles. The van der Waals surface area contributed by atoms with Gasteiger partial charge < -0.3 is 15.2 Å². The van der Waals surface area contributed by atoms with E-state index in [4.69, 9.17) is 27.9 Å². The molecule has 0 aromatic heterocycles. The predicted molar refractivity (Wildman–Crippen MR) is 73.6 cm³/mol. The van der Waals surface area contributed by atoms with E-state index >= 15 is 0 Å². The maximum Gasteiger partial charge on any atom is 0.126 e. The van der Waals surface area contributed by atoms with Crippen molar-refractivity contribution in [1.82, 2.24) is 5.32 Å². The third-order valence-corrected chi connectivity index (χ3v) is 4.14. The molecule has 1 aliphatic rings. The van der Waals surface area contributed by atoms with Crippen LogP contribution in [-0.4, -0.2) is 25.3 Å². The monoisotopic (exact) mass is 289 g/mol. The molecule has 0 saturated carbocycles. The van der Waals surface area contributed by atoms with Gasteiger partial charge in [-0.05, 0) is 37.9 Å². The van der Waals surface area contributed by atoms with Crippen LogP contribution in [0.4, 0.5) is 0 Å². The van der Waals surface area contributed by atoms with E-state index in [-0.39, 0.29) is 5.92 Å². The van der Waals surface area contributed by atoms with Gasteiger partial charge in [0.25, 0.3) is 0 Å². The molecule has 2 rings (SSSR count). The zero-order valence-corrected chi connectivity index (χ0v) is 11.8. The highest BCUT2D eigenvalue weighted by Gasteiger charge is 2.26. The second-order valence-electron chi connectivity index (χ2n) is 4.54. The fraction of sp³-hybridized carbons (Fsp3) is 0.538. The first-order valence-corrected chi connectivity index (χ1v) is 6.80. The lowest BCUT2D eigenvalue weighted by Crippen LogP contribution is -2.31. The smallest absolute Gasteiger partial charge is 0.126 e. The number of rotatable bonds is 3. The van der Waals surface area contributed by atoms with Gasteiger partial charge in [-0.15, -0.1) is 0 Å². The number of benzene rings is 1. The number of halogens is 2. The van der Waals surface area contributed by atoms with Gasteiger partial charge in [-0.1, -0.05) is 23.2 Å². The van der Waals surface area contributed by atoms with Crippen molar-refractivity contribution in [3.8, 4) is 5.75 Å². The van der Waals surface area contributed by atoms with Crippen LogP contribution in [0.1, 0.15) is 24.5 Å². The van der Waals surface area contributed by atoms with Gasteiger partial charge in [-0.3, -0.25) is 0 Å². The van der Waals surface area contributed by atoms with Crippen LogP contribution in [0, 0.1) is 5.92 Å². The summed E-state index contributed by atoms with van der Waals surface area (Å²) in [5.41, 5.74) is 0.721. The predicted octanol–water partition coefficient (Wildman–Crippen LogP) is 3.04. The number of aliphatic hydroxyl groups excluding tert-OH is 1. The number of methoxy groups -OCH3 is 1. The van der Waals surface area contributed by atoms with Gasteiger partial charge in [0.15, 0.2) is 0 Å². The zero-order valence-electron chi connectivity index (χ0n) is 10.2. The summed E-state index contributed by atoms with van der Waals surface area (Å²) in [4.78, 5) is 0. The van der Waals surface area contributed by atoms with Gasteiger partial charge in [-0.25, -0.2) is 0 Å². The second-order valence-corrected chi connectivity index (χ2v) is 5.35. The summed E-state index contributed by atoms with van der Waals surface area (Å²) in [6.07, 6.45) is 1.34. The highest BCUT2D eigenvalue weighted by Crippen LogP contribution is 2.38. The molecule has 100 valence electrons. The van der Waals surface area contributed by atoms with E-state index in [2.05, 4.69) is 5.32 Å². The maximum absolute atomic E-state index is 10.5. The summed E-state index contributed by atoms with van der Waals surface area (Å²) in [5, 5.41) is 14.6. The van der Waals surface area contributed by atoms with Crippen LogP contribution in [-0.2, 0) is 0 Å². The number of hydrogen-bond acceptors (Lipinski definition) is 3. The van der Waals surface area contributed by atoms with Crippen LogP contribution >= 0.6 is 23.2 Å². The quantitative estimate of drug-likeness (QED) is 0.899. The van der Waals surface area contributed by atoms with E-state index < -0.39 is 6.10 Å². The van der Waals surface area contributed by atoms with Crippen LogP contribution in [0.2, 0.25) is 10.0 Å². The number of aliphatic hydroxyl groups is 1. The van der Waals surface area contributed by atoms with Gasteiger partial charge in [0.1, 0.15) is 5.75 Å². The number of ether oxygens (including phenoxy) is 1. The highest BCUT2D eigenvalue weighted by atomic mass is 35.5. The van der Waals surface area contributed by atoms with Crippen molar-refractivity contribution in [2.24, 2.45) is 5.92 Å². The van der Waals surface area contributed by atoms with Crippen LogP contribution in [0.25, 0.3) is 0 Å². The molecule has 2 N–H and O–H groups in total. The summed E-state index contributed by atoms with van der Waals surface area (Å²) in [6.45, 7) is 1.87. The summed E-state index contributed by atoms with van der Waals surface area (Å²) < 4.78 is 5.27. The maximum atomic E-state index is 10.5. The van der Waals surface area contributed by atoms with Crippen molar-refractivity contribution >= 4 is 23.2 Å². The molecule has 5 heteroatoms. The van der Waals surface area contributed by atoms with Crippen molar-refractivity contribution in [2.75, 3.05) is 20.2 Å². The van der Waals surface area contributed by atoms with Crippen molar-refractivity contribution < 1.29 is 9.84 Å². The third-order valence-electron chi connectivity index (χ3n) is 3.42. The summed E-state index contributed by atoms with van der Waals surface area (Å²) >= 11 is 12.0. The zero-order chi connectivity index (χ0) is 13.1. The normalized spacial score (nSPS) is 18.7. The molecular weight excluding hydrogens is 273 g/mol. The molecule has 0 radical (unpaired) electrons. The van der Waals surface area contributed by atoms with Crippen molar-refractivity contribution in [2.45, 2.75) is 18.9 Å². The van der Waals surface area contributed by atoms with Gasteiger partial charge >= 0.3 is 0 Å². The Morgan fingerprint density at radius 2 is 1.89 bits per heavy atom. The third kappa shape index (κ3) is 2.91. The first kappa shape index (κ1) is 13.9. The summed E-state index contributed by atoms with van der Waals surface area (Å²) in [6, 6.07) is 3.36. The molecule has 0 spiro atoms. The van der Waals surface area contributed by atoms with Crippen molar-refractivity contribution in [3.05, 3.63) is 27.7 Å². The Bertz CT molecular complexity index is 420. The van der Waals surface area contributed by atoms with Gasteiger partial charge in [0.2, 0.25) is 0 Å². The Kier molecular flexibility index (Phi) is 4.73. The lowest BCUT2D eigenvalue weighted by atomic mass is 9.88. The minimum absolute atomic E-state index is 0.234. The Morgan fingerprint density at radius 3 is 2.50 bits per heavy atom. The van der Waals surface area contributed by atoms with Crippen molar-refractivity contribution in [1.29, 1.82) is 0 Å². The highest BCUT2D eigenvalue weighted by molar-refractivity contribution is 6.42. The SMILES string of the molecule is COc1cc(Cl)c(Cl)cc1C(O)C1CCNCC1. The molecule has 1 aromatic carbocycles.